The molecule has 1 heterocycles. The quantitative estimate of drug-likeness (QED) is 0.913. The van der Waals surface area contributed by atoms with Crippen LogP contribution in [-0.4, -0.2) is 10.9 Å². The molecule has 3 rings (SSSR count). The number of nitrogens with one attached hydrogen (secondary N) is 2. The topological polar surface area (TPSA) is 62.0 Å². The minimum absolute atomic E-state index is 0.0957. The number of hydrogen-bond donors (Lipinski definition) is 2. The Labute approximate surface area is 127 Å². The lowest BCUT2D eigenvalue weighted by atomic mass is 9.91. The van der Waals surface area contributed by atoms with Gasteiger partial charge < -0.3 is 10.3 Å². The molecule has 0 radical (unpaired) electrons. The number of aromatic nitrogens is 1. The van der Waals surface area contributed by atoms with Crippen LogP contribution in [0.5, 0.6) is 0 Å². The van der Waals surface area contributed by atoms with Gasteiger partial charge in [0.1, 0.15) is 5.82 Å². The first kappa shape index (κ1) is 14.5. The first-order valence-corrected chi connectivity index (χ1v) is 7.38. The predicted octanol–water partition coefficient (Wildman–Crippen LogP) is 2.25. The van der Waals surface area contributed by atoms with Crippen molar-refractivity contribution in [2.24, 2.45) is 0 Å². The first-order valence-electron chi connectivity index (χ1n) is 7.38. The Balaban J connectivity index is 1.71. The van der Waals surface area contributed by atoms with Crippen molar-refractivity contribution in [2.75, 3.05) is 0 Å². The van der Waals surface area contributed by atoms with Crippen molar-refractivity contribution in [1.82, 2.24) is 10.3 Å². The summed E-state index contributed by atoms with van der Waals surface area (Å²) in [5.41, 5.74) is 2.40. The van der Waals surface area contributed by atoms with E-state index in [9.17, 15) is 14.0 Å². The molecule has 0 aliphatic heterocycles. The number of H-pyrrole nitrogens is 1. The number of benzene rings is 1. The van der Waals surface area contributed by atoms with Gasteiger partial charge >= 0.3 is 0 Å². The minimum atomic E-state index is -0.342. The van der Waals surface area contributed by atoms with Gasteiger partial charge in [0.15, 0.2) is 0 Å². The summed E-state index contributed by atoms with van der Waals surface area (Å²) in [6.07, 6.45) is 2.72. The molecule has 1 atom stereocenters. The fourth-order valence-corrected chi connectivity index (χ4v) is 2.93. The van der Waals surface area contributed by atoms with Crippen LogP contribution in [0.1, 0.15) is 35.7 Å². The van der Waals surface area contributed by atoms with Gasteiger partial charge in [-0.2, -0.15) is 0 Å². The van der Waals surface area contributed by atoms with Crippen LogP contribution in [0, 0.1) is 5.82 Å². The maximum absolute atomic E-state index is 13.1. The van der Waals surface area contributed by atoms with Gasteiger partial charge in [-0.1, -0.05) is 12.1 Å². The third-order valence-corrected chi connectivity index (χ3v) is 3.92. The van der Waals surface area contributed by atoms with Crippen LogP contribution in [0.4, 0.5) is 4.39 Å². The molecule has 2 N–H and O–H groups in total. The molecule has 0 fully saturated rings. The predicted molar refractivity (Wildman–Crippen MR) is 81.0 cm³/mol. The number of pyridine rings is 1. The third-order valence-electron chi connectivity index (χ3n) is 3.92. The number of amides is 1. The van der Waals surface area contributed by atoms with Crippen molar-refractivity contribution in [2.45, 2.75) is 31.7 Å². The van der Waals surface area contributed by atoms with Crippen LogP contribution in [0.3, 0.4) is 0 Å². The molecule has 1 aromatic carbocycles. The number of rotatable bonds is 3. The van der Waals surface area contributed by atoms with E-state index in [0.29, 0.717) is 5.56 Å². The van der Waals surface area contributed by atoms with E-state index < -0.39 is 0 Å². The fourth-order valence-electron chi connectivity index (χ4n) is 2.93. The number of hydrogen-bond acceptors (Lipinski definition) is 2. The number of fused-ring (bicyclic) bond motifs is 1. The average Bonchev–Trinajstić information content (AvgIpc) is 2.47. The second kappa shape index (κ2) is 6.13. The van der Waals surface area contributed by atoms with Gasteiger partial charge in [0.05, 0.1) is 12.5 Å². The molecule has 0 bridgehead atoms. The minimum Gasteiger partial charge on any atom is -0.349 e. The van der Waals surface area contributed by atoms with E-state index in [1.807, 2.05) is 0 Å². The maximum atomic E-state index is 13.1. The molecule has 114 valence electrons. The zero-order valence-electron chi connectivity index (χ0n) is 12.1. The molecule has 5 heteroatoms. The Morgan fingerprint density at radius 1 is 1.32 bits per heavy atom. The lowest BCUT2D eigenvalue weighted by Gasteiger charge is -2.25. The maximum Gasteiger partial charge on any atom is 0.248 e. The molecule has 2 aromatic rings. The van der Waals surface area contributed by atoms with Gasteiger partial charge in [-0.05, 0) is 48.6 Å². The molecule has 0 saturated heterocycles. The molecule has 22 heavy (non-hydrogen) atoms. The molecule has 1 aromatic heterocycles. The monoisotopic (exact) mass is 300 g/mol. The highest BCUT2D eigenvalue weighted by molar-refractivity contribution is 5.79. The van der Waals surface area contributed by atoms with Crippen LogP contribution >= 0.6 is 0 Å². The highest BCUT2D eigenvalue weighted by Gasteiger charge is 2.22. The second-order valence-corrected chi connectivity index (χ2v) is 5.58. The van der Waals surface area contributed by atoms with Crippen LogP contribution in [0.2, 0.25) is 0 Å². The summed E-state index contributed by atoms with van der Waals surface area (Å²) in [4.78, 5) is 26.4. The summed E-state index contributed by atoms with van der Waals surface area (Å²) >= 11 is 0. The Hall–Kier alpha value is -2.43. The van der Waals surface area contributed by atoms with E-state index in [4.69, 9.17) is 0 Å². The van der Waals surface area contributed by atoms with E-state index in [1.54, 1.807) is 18.2 Å². The summed E-state index contributed by atoms with van der Waals surface area (Å²) in [5, 5.41) is 2.98. The Morgan fingerprint density at radius 2 is 2.18 bits per heavy atom. The summed E-state index contributed by atoms with van der Waals surface area (Å²) < 4.78 is 13.1. The van der Waals surface area contributed by atoms with Crippen molar-refractivity contribution < 1.29 is 9.18 Å². The molecule has 4 nitrogen and oxygen atoms in total. The average molecular weight is 300 g/mol. The lowest BCUT2D eigenvalue weighted by Crippen LogP contribution is -2.33. The van der Waals surface area contributed by atoms with Gasteiger partial charge in [0.2, 0.25) is 11.5 Å². The molecule has 0 saturated carbocycles. The molecule has 1 aliphatic rings. The Kier molecular flexibility index (Phi) is 4.04. The molecule has 1 aliphatic carbocycles. The van der Waals surface area contributed by atoms with Crippen molar-refractivity contribution in [3.63, 3.8) is 0 Å². The first-order chi connectivity index (χ1) is 10.6. The van der Waals surface area contributed by atoms with Gasteiger partial charge in [-0.3, -0.25) is 9.59 Å². The highest BCUT2D eigenvalue weighted by atomic mass is 19.1. The zero-order chi connectivity index (χ0) is 15.5. The Bertz CT molecular complexity index is 754. The fraction of sp³-hybridized carbons (Fsp3) is 0.294. The summed E-state index contributed by atoms with van der Waals surface area (Å²) in [6, 6.07) is 9.21. The van der Waals surface area contributed by atoms with E-state index in [0.717, 1.165) is 30.5 Å². The van der Waals surface area contributed by atoms with Crippen molar-refractivity contribution in [1.29, 1.82) is 0 Å². The number of halogens is 1. The van der Waals surface area contributed by atoms with E-state index in [1.165, 1.54) is 18.2 Å². The molecular formula is C17H17FN2O2. The Morgan fingerprint density at radius 3 is 3.00 bits per heavy atom. The number of aryl methyl sites for hydroxylation is 1. The molecular weight excluding hydrogens is 283 g/mol. The highest BCUT2D eigenvalue weighted by Crippen LogP contribution is 2.27. The number of carbonyl (C=O) groups excluding carboxylic acids is 1. The number of carbonyl (C=O) groups is 1. The van der Waals surface area contributed by atoms with Gasteiger partial charge in [0.25, 0.3) is 0 Å². The molecule has 0 spiro atoms. The summed E-state index contributed by atoms with van der Waals surface area (Å²) in [7, 11) is 0. The van der Waals surface area contributed by atoms with Crippen molar-refractivity contribution in [3.8, 4) is 0 Å². The largest absolute Gasteiger partial charge is 0.349 e. The molecule has 1 amide bonds. The van der Waals surface area contributed by atoms with Crippen molar-refractivity contribution in [3.05, 3.63) is 69.4 Å². The van der Waals surface area contributed by atoms with Crippen LogP contribution in [0.25, 0.3) is 0 Å². The van der Waals surface area contributed by atoms with E-state index >= 15 is 0 Å². The van der Waals surface area contributed by atoms with Gasteiger partial charge in [-0.15, -0.1) is 0 Å². The van der Waals surface area contributed by atoms with E-state index in [2.05, 4.69) is 10.3 Å². The van der Waals surface area contributed by atoms with Gasteiger partial charge in [0, 0.05) is 11.8 Å². The third kappa shape index (κ3) is 3.24. The number of aromatic amines is 1. The standard InChI is InChI=1S/C17H17FN2O2/c18-12-4-1-3-11(9-12)10-17(22)20-15-6-2-5-14-13(15)7-8-16(21)19-14/h1,3-4,7-9,15H,2,5-6,10H2,(H,19,21)(H,20,22). The van der Waals surface area contributed by atoms with Crippen LogP contribution in [-0.2, 0) is 17.6 Å². The summed E-state index contributed by atoms with van der Waals surface area (Å²) in [6.45, 7) is 0. The van der Waals surface area contributed by atoms with Crippen LogP contribution < -0.4 is 10.9 Å². The van der Waals surface area contributed by atoms with E-state index in [-0.39, 0.29) is 29.7 Å². The SMILES string of the molecule is O=C(Cc1cccc(F)c1)NC1CCCc2[nH]c(=O)ccc21. The smallest absolute Gasteiger partial charge is 0.248 e. The second-order valence-electron chi connectivity index (χ2n) is 5.58. The zero-order valence-corrected chi connectivity index (χ0v) is 12.1. The van der Waals surface area contributed by atoms with Gasteiger partial charge in [-0.25, -0.2) is 4.39 Å². The van der Waals surface area contributed by atoms with Crippen LogP contribution in [0.15, 0.2) is 41.2 Å². The molecule has 1 unspecified atom stereocenters. The normalized spacial score (nSPS) is 16.9. The van der Waals surface area contributed by atoms with Crippen molar-refractivity contribution >= 4 is 5.91 Å². The lowest BCUT2D eigenvalue weighted by molar-refractivity contribution is -0.121. The summed E-state index contributed by atoms with van der Waals surface area (Å²) in [5.74, 6) is -0.486.